The molecule has 10 heteroatoms. The second-order valence-corrected chi connectivity index (χ2v) is 10.2. The Kier molecular flexibility index (Phi) is 6.55. The summed E-state index contributed by atoms with van der Waals surface area (Å²) < 4.78 is 15.9. The Balaban J connectivity index is 2.13. The molecule has 0 aliphatic heterocycles. The molecular weight excluding hydrogens is 434 g/mol. The van der Waals surface area contributed by atoms with E-state index in [4.69, 9.17) is 0 Å². The summed E-state index contributed by atoms with van der Waals surface area (Å²) in [5, 5.41) is 15.9. The molecule has 1 aromatic heterocycles. The minimum absolute atomic E-state index is 0.320. The number of rotatable bonds is 6. The monoisotopic (exact) mass is 455 g/mol. The van der Waals surface area contributed by atoms with Gasteiger partial charge in [0.1, 0.15) is 5.82 Å². The molecule has 8 nitrogen and oxygen atoms in total. The second-order valence-electron chi connectivity index (χ2n) is 6.84. The maximum absolute atomic E-state index is 11.9. The predicted octanol–water partition coefficient (Wildman–Crippen LogP) is 3.03. The Morgan fingerprint density at radius 2 is 1.93 bits per heavy atom. The smallest absolute Gasteiger partial charge is 0.285 e. The first kappa shape index (κ1) is 21.3. The fourth-order valence-electron chi connectivity index (χ4n) is 1.93. The predicted molar refractivity (Wildman–Crippen MR) is 111 cm³/mol. The summed E-state index contributed by atoms with van der Waals surface area (Å²) in [6.45, 7) is 3.71. The van der Waals surface area contributed by atoms with Crippen molar-refractivity contribution in [2.24, 2.45) is 4.36 Å². The van der Waals surface area contributed by atoms with E-state index in [0.29, 0.717) is 34.0 Å². The van der Waals surface area contributed by atoms with Crippen LogP contribution >= 0.6 is 15.9 Å². The third-order valence-corrected chi connectivity index (χ3v) is 4.31. The highest BCUT2D eigenvalue weighted by atomic mass is 79.9. The Morgan fingerprint density at radius 1 is 1.30 bits per heavy atom. The first-order valence-electron chi connectivity index (χ1n) is 8.00. The zero-order valence-corrected chi connectivity index (χ0v) is 17.9. The van der Waals surface area contributed by atoms with Crippen LogP contribution in [0.5, 0.6) is 0 Å². The molecule has 0 aliphatic rings. The number of anilines is 3. The van der Waals surface area contributed by atoms with Gasteiger partial charge in [-0.2, -0.15) is 9.35 Å². The van der Waals surface area contributed by atoms with Gasteiger partial charge in [-0.3, -0.25) is 4.79 Å². The van der Waals surface area contributed by atoms with Crippen LogP contribution in [0, 0.1) is 0 Å². The van der Waals surface area contributed by atoms with Crippen LogP contribution in [0.15, 0.2) is 39.3 Å². The van der Waals surface area contributed by atoms with Gasteiger partial charge in [0.05, 0.1) is 10.1 Å². The molecule has 2 rings (SSSR count). The van der Waals surface area contributed by atoms with E-state index in [2.05, 4.69) is 40.9 Å². The van der Waals surface area contributed by atoms with Crippen molar-refractivity contribution in [2.75, 3.05) is 29.7 Å². The summed E-state index contributed by atoms with van der Waals surface area (Å²) in [6, 6.07) is 6.55. The van der Waals surface area contributed by atoms with Crippen LogP contribution in [-0.4, -0.2) is 49.8 Å². The molecular formula is C17H22BrN5O3S. The van der Waals surface area contributed by atoms with Gasteiger partial charge in [-0.25, -0.2) is 9.19 Å². The molecule has 1 aromatic carbocycles. The Labute approximate surface area is 167 Å². The van der Waals surface area contributed by atoms with Crippen molar-refractivity contribution in [1.82, 2.24) is 9.97 Å². The summed E-state index contributed by atoms with van der Waals surface area (Å²) in [6.07, 6.45) is 4.42. The van der Waals surface area contributed by atoms with Gasteiger partial charge in [-0.15, -0.1) is 0 Å². The Bertz CT molecular complexity index is 940. The third-order valence-electron chi connectivity index (χ3n) is 3.12. The van der Waals surface area contributed by atoms with Crippen molar-refractivity contribution in [3.63, 3.8) is 0 Å². The SMILES string of the molecule is CC(C)(O)CNc1nc(Nc2ccc(C(=O)N=S(C)(C)=O)cc2)ncc1Br. The maximum atomic E-state index is 11.9. The summed E-state index contributed by atoms with van der Waals surface area (Å²) in [5.74, 6) is 0.376. The quantitative estimate of drug-likeness (QED) is 0.612. The van der Waals surface area contributed by atoms with Crippen LogP contribution in [0.4, 0.5) is 17.5 Å². The molecule has 1 amide bonds. The molecule has 0 aliphatic carbocycles. The first-order valence-corrected chi connectivity index (χ1v) is 11.1. The lowest BCUT2D eigenvalue weighted by Crippen LogP contribution is -2.29. The van der Waals surface area contributed by atoms with Gasteiger partial charge in [0, 0.05) is 46.2 Å². The van der Waals surface area contributed by atoms with Crippen molar-refractivity contribution >= 4 is 49.0 Å². The number of amides is 1. The number of hydrogen-bond acceptors (Lipinski definition) is 7. The Morgan fingerprint density at radius 3 is 2.48 bits per heavy atom. The van der Waals surface area contributed by atoms with Crippen LogP contribution in [0.1, 0.15) is 24.2 Å². The van der Waals surface area contributed by atoms with E-state index in [1.165, 1.54) is 12.5 Å². The minimum Gasteiger partial charge on any atom is -0.389 e. The van der Waals surface area contributed by atoms with E-state index < -0.39 is 21.2 Å². The highest BCUT2D eigenvalue weighted by molar-refractivity contribution is 9.10. The molecule has 146 valence electrons. The number of aromatic nitrogens is 2. The van der Waals surface area contributed by atoms with Gasteiger partial charge in [0.25, 0.3) is 5.91 Å². The van der Waals surface area contributed by atoms with Crippen molar-refractivity contribution in [3.8, 4) is 0 Å². The number of halogens is 1. The number of hydrogen-bond donors (Lipinski definition) is 3. The highest BCUT2D eigenvalue weighted by Crippen LogP contribution is 2.23. The molecule has 0 bridgehead atoms. The summed E-state index contributed by atoms with van der Waals surface area (Å²) in [4.78, 5) is 20.5. The lowest BCUT2D eigenvalue weighted by molar-refractivity contribution is 0.0943. The van der Waals surface area contributed by atoms with Crippen molar-refractivity contribution in [3.05, 3.63) is 40.5 Å². The lowest BCUT2D eigenvalue weighted by atomic mass is 10.1. The standard InChI is InChI=1S/C17H22BrN5O3S/c1-17(2,25)10-20-14-13(18)9-19-16(22-14)21-12-7-5-11(6-8-12)15(24)23-27(3,4)26/h5-9,25H,10H2,1-4H3,(H2,19,20,21,22). The highest BCUT2D eigenvalue weighted by Gasteiger charge is 2.14. The molecule has 0 spiro atoms. The average Bonchev–Trinajstić information content (AvgIpc) is 2.53. The first-order chi connectivity index (χ1) is 12.4. The molecule has 2 aromatic rings. The topological polar surface area (TPSA) is 117 Å². The van der Waals surface area contributed by atoms with Crippen LogP contribution < -0.4 is 10.6 Å². The Hall–Kier alpha value is -2.04. The summed E-state index contributed by atoms with van der Waals surface area (Å²) in [7, 11) is -2.49. The zero-order valence-electron chi connectivity index (χ0n) is 15.5. The molecule has 0 fully saturated rings. The number of nitrogens with one attached hydrogen (secondary N) is 2. The largest absolute Gasteiger partial charge is 0.389 e. The molecule has 3 N–H and O–H groups in total. The lowest BCUT2D eigenvalue weighted by Gasteiger charge is -2.18. The van der Waals surface area contributed by atoms with Crippen molar-refractivity contribution < 1.29 is 14.1 Å². The fourth-order valence-corrected chi connectivity index (χ4v) is 2.76. The molecule has 0 saturated heterocycles. The van der Waals surface area contributed by atoms with E-state index in [0.717, 1.165) is 0 Å². The third kappa shape index (κ3) is 7.24. The normalized spacial score (nSPS) is 11.8. The number of carbonyl (C=O) groups excluding carboxylic acids is 1. The molecule has 0 saturated carbocycles. The van der Waals surface area contributed by atoms with E-state index >= 15 is 0 Å². The van der Waals surface area contributed by atoms with E-state index in [9.17, 15) is 14.1 Å². The van der Waals surface area contributed by atoms with Gasteiger partial charge in [-0.05, 0) is 54.0 Å². The van der Waals surface area contributed by atoms with Gasteiger partial charge < -0.3 is 15.7 Å². The van der Waals surface area contributed by atoms with Crippen LogP contribution in [0.3, 0.4) is 0 Å². The molecule has 0 radical (unpaired) electrons. The van der Waals surface area contributed by atoms with E-state index in [1.54, 1.807) is 44.3 Å². The zero-order chi connectivity index (χ0) is 20.2. The van der Waals surface area contributed by atoms with Gasteiger partial charge in [0.2, 0.25) is 5.95 Å². The van der Waals surface area contributed by atoms with Gasteiger partial charge in [-0.1, -0.05) is 0 Å². The molecule has 0 atom stereocenters. The molecule has 1 heterocycles. The van der Waals surface area contributed by atoms with Gasteiger partial charge in [0.15, 0.2) is 0 Å². The second kappa shape index (κ2) is 8.32. The summed E-state index contributed by atoms with van der Waals surface area (Å²) in [5.41, 5.74) is 0.142. The number of carbonyl (C=O) groups is 1. The van der Waals surface area contributed by atoms with Crippen LogP contribution in [-0.2, 0) is 9.73 Å². The number of benzene rings is 1. The van der Waals surface area contributed by atoms with Crippen LogP contribution in [0.2, 0.25) is 0 Å². The van der Waals surface area contributed by atoms with Crippen molar-refractivity contribution in [1.29, 1.82) is 0 Å². The minimum atomic E-state index is -2.49. The van der Waals surface area contributed by atoms with E-state index in [1.807, 2.05) is 0 Å². The average molecular weight is 456 g/mol. The number of aliphatic hydroxyl groups is 1. The maximum Gasteiger partial charge on any atom is 0.285 e. The summed E-state index contributed by atoms with van der Waals surface area (Å²) >= 11 is 3.36. The fraction of sp³-hybridized carbons (Fsp3) is 0.353. The molecule has 0 unspecified atom stereocenters. The number of nitrogens with zero attached hydrogens (tertiary/aromatic N) is 3. The van der Waals surface area contributed by atoms with E-state index in [-0.39, 0.29) is 0 Å². The van der Waals surface area contributed by atoms with Crippen molar-refractivity contribution in [2.45, 2.75) is 19.4 Å². The van der Waals surface area contributed by atoms with Gasteiger partial charge >= 0.3 is 0 Å². The van der Waals surface area contributed by atoms with Crippen LogP contribution in [0.25, 0.3) is 0 Å². The molecule has 27 heavy (non-hydrogen) atoms.